The van der Waals surface area contributed by atoms with Gasteiger partial charge in [0, 0.05) is 5.69 Å². The van der Waals surface area contributed by atoms with Gasteiger partial charge in [0.1, 0.15) is 5.75 Å². The molecule has 136 valence electrons. The fraction of sp³-hybridized carbons (Fsp3) is 0.100. The van der Waals surface area contributed by atoms with Gasteiger partial charge in [0.15, 0.2) is 5.69 Å². The third-order valence-corrected chi connectivity index (χ3v) is 3.70. The van der Waals surface area contributed by atoms with Crippen molar-refractivity contribution < 1.29 is 14.3 Å². The lowest BCUT2D eigenvalue weighted by Crippen LogP contribution is -2.18. The van der Waals surface area contributed by atoms with E-state index in [1.165, 1.54) is 6.21 Å². The van der Waals surface area contributed by atoms with Crippen LogP contribution in [0.15, 0.2) is 59.7 Å². The summed E-state index contributed by atoms with van der Waals surface area (Å²) in [6.07, 6.45) is 1.49. The minimum absolute atomic E-state index is 0.267. The van der Waals surface area contributed by atoms with Gasteiger partial charge >= 0.3 is 5.97 Å². The monoisotopic (exact) mass is 362 g/mol. The number of esters is 1. The lowest BCUT2D eigenvalue weighted by molar-refractivity contribution is 0.0734. The van der Waals surface area contributed by atoms with Gasteiger partial charge in [0.2, 0.25) is 0 Å². The zero-order valence-corrected chi connectivity index (χ0v) is 14.9. The fourth-order valence-electron chi connectivity index (χ4n) is 2.23. The van der Waals surface area contributed by atoms with E-state index in [0.29, 0.717) is 11.3 Å². The van der Waals surface area contributed by atoms with E-state index in [1.54, 1.807) is 49.4 Å². The van der Waals surface area contributed by atoms with Crippen molar-refractivity contribution in [2.24, 2.45) is 5.10 Å². The predicted octanol–water partition coefficient (Wildman–Crippen LogP) is 3.01. The maximum Gasteiger partial charge on any atom is 0.343 e. The van der Waals surface area contributed by atoms with Crippen LogP contribution in [-0.4, -0.2) is 28.3 Å². The summed E-state index contributed by atoms with van der Waals surface area (Å²) in [7, 11) is 0. The summed E-state index contributed by atoms with van der Waals surface area (Å²) in [5.74, 6) is -0.397. The van der Waals surface area contributed by atoms with Gasteiger partial charge in [-0.1, -0.05) is 17.7 Å². The number of hydrazone groups is 1. The maximum absolute atomic E-state index is 12.1. The molecule has 0 atom stereocenters. The molecule has 1 aromatic heterocycles. The van der Waals surface area contributed by atoms with Crippen LogP contribution in [0.3, 0.4) is 0 Å². The standard InChI is InChI=1S/C20H18N4O3/c1-13-3-7-16(8-4-13)20(26)27-17-9-5-15(6-10-17)12-21-24-19(25)18-11-14(2)22-23-18/h3-12H,1-2H3,(H,22,23)(H,24,25)/b21-12-. The van der Waals surface area contributed by atoms with Crippen LogP contribution in [0.1, 0.15) is 37.7 Å². The van der Waals surface area contributed by atoms with Crippen molar-refractivity contribution in [3.8, 4) is 5.75 Å². The molecule has 3 rings (SSSR count). The largest absolute Gasteiger partial charge is 0.423 e. The van der Waals surface area contributed by atoms with Crippen molar-refractivity contribution in [1.82, 2.24) is 15.6 Å². The van der Waals surface area contributed by atoms with Crippen LogP contribution < -0.4 is 10.2 Å². The lowest BCUT2D eigenvalue weighted by Gasteiger charge is -2.05. The molecule has 0 saturated heterocycles. The molecule has 0 aliphatic heterocycles. The van der Waals surface area contributed by atoms with Gasteiger partial charge in [-0.25, -0.2) is 10.2 Å². The Balaban J connectivity index is 1.56. The van der Waals surface area contributed by atoms with Crippen LogP contribution in [0, 0.1) is 13.8 Å². The average Bonchev–Trinajstić information content (AvgIpc) is 3.10. The van der Waals surface area contributed by atoms with Gasteiger partial charge in [-0.15, -0.1) is 0 Å². The van der Waals surface area contributed by atoms with E-state index in [0.717, 1.165) is 16.8 Å². The van der Waals surface area contributed by atoms with Gasteiger partial charge < -0.3 is 4.74 Å². The van der Waals surface area contributed by atoms with Crippen molar-refractivity contribution in [1.29, 1.82) is 0 Å². The highest BCUT2D eigenvalue weighted by molar-refractivity contribution is 5.93. The molecule has 0 fully saturated rings. The molecule has 27 heavy (non-hydrogen) atoms. The normalized spacial score (nSPS) is 10.7. The molecule has 0 saturated carbocycles. The summed E-state index contributed by atoms with van der Waals surface area (Å²) in [4.78, 5) is 23.9. The minimum Gasteiger partial charge on any atom is -0.423 e. The van der Waals surface area contributed by atoms with Gasteiger partial charge in [-0.05, 0) is 61.9 Å². The van der Waals surface area contributed by atoms with Gasteiger partial charge in [-0.2, -0.15) is 10.2 Å². The van der Waals surface area contributed by atoms with Crippen LogP contribution in [-0.2, 0) is 0 Å². The van der Waals surface area contributed by atoms with Crippen molar-refractivity contribution in [3.63, 3.8) is 0 Å². The molecular weight excluding hydrogens is 344 g/mol. The van der Waals surface area contributed by atoms with Gasteiger partial charge in [0.05, 0.1) is 11.8 Å². The second-order valence-electron chi connectivity index (χ2n) is 5.96. The van der Waals surface area contributed by atoms with Crippen molar-refractivity contribution >= 4 is 18.1 Å². The molecule has 0 bridgehead atoms. The average molecular weight is 362 g/mol. The lowest BCUT2D eigenvalue weighted by atomic mass is 10.1. The van der Waals surface area contributed by atoms with Crippen molar-refractivity contribution in [2.75, 3.05) is 0 Å². The van der Waals surface area contributed by atoms with Crippen LogP contribution >= 0.6 is 0 Å². The number of aromatic nitrogens is 2. The first kappa shape index (κ1) is 18.1. The summed E-state index contributed by atoms with van der Waals surface area (Å²) in [5, 5.41) is 10.4. The summed E-state index contributed by atoms with van der Waals surface area (Å²) < 4.78 is 5.33. The quantitative estimate of drug-likeness (QED) is 0.316. The highest BCUT2D eigenvalue weighted by Gasteiger charge is 2.09. The van der Waals surface area contributed by atoms with Crippen LogP contribution in [0.4, 0.5) is 0 Å². The van der Waals surface area contributed by atoms with Crippen LogP contribution in [0.2, 0.25) is 0 Å². The Hall–Kier alpha value is -3.74. The predicted molar refractivity (Wildman–Crippen MR) is 101 cm³/mol. The van der Waals surface area contributed by atoms with E-state index in [1.807, 2.05) is 19.1 Å². The summed E-state index contributed by atoms with van der Waals surface area (Å²) in [5.41, 5.74) is 5.76. The number of rotatable bonds is 5. The highest BCUT2D eigenvalue weighted by Crippen LogP contribution is 2.14. The first-order valence-corrected chi connectivity index (χ1v) is 8.25. The Morgan fingerprint density at radius 1 is 1.07 bits per heavy atom. The van der Waals surface area contributed by atoms with Crippen molar-refractivity contribution in [2.45, 2.75) is 13.8 Å². The van der Waals surface area contributed by atoms with E-state index < -0.39 is 11.9 Å². The molecule has 7 heteroatoms. The maximum atomic E-state index is 12.1. The molecule has 1 amide bonds. The van der Waals surface area contributed by atoms with Crippen molar-refractivity contribution in [3.05, 3.63) is 82.7 Å². The van der Waals surface area contributed by atoms with Crippen LogP contribution in [0.25, 0.3) is 0 Å². The second kappa shape index (κ2) is 8.09. The number of nitrogens with zero attached hydrogens (tertiary/aromatic N) is 2. The smallest absolute Gasteiger partial charge is 0.343 e. The molecule has 0 aliphatic carbocycles. The number of H-pyrrole nitrogens is 1. The number of nitrogens with one attached hydrogen (secondary N) is 2. The Kier molecular flexibility index (Phi) is 5.41. The molecule has 0 spiro atoms. The number of benzene rings is 2. The minimum atomic E-state index is -0.419. The Labute approximate surface area is 156 Å². The Morgan fingerprint density at radius 3 is 2.41 bits per heavy atom. The van der Waals surface area contributed by atoms with E-state index in [2.05, 4.69) is 20.7 Å². The van der Waals surface area contributed by atoms with E-state index in [4.69, 9.17) is 4.74 Å². The summed E-state index contributed by atoms with van der Waals surface area (Å²) in [6, 6.07) is 15.6. The SMILES string of the molecule is Cc1ccc(C(=O)Oc2ccc(/C=N\NC(=O)c3cc(C)[nH]n3)cc2)cc1. The first-order valence-electron chi connectivity index (χ1n) is 8.25. The fourth-order valence-corrected chi connectivity index (χ4v) is 2.23. The third kappa shape index (κ3) is 4.88. The Morgan fingerprint density at radius 2 is 1.78 bits per heavy atom. The van der Waals surface area contributed by atoms with Gasteiger partial charge in [-0.3, -0.25) is 9.89 Å². The van der Waals surface area contributed by atoms with E-state index in [9.17, 15) is 9.59 Å². The molecule has 0 aliphatic rings. The number of carbonyl (C=O) groups excluding carboxylic acids is 2. The number of hydrogen-bond donors (Lipinski definition) is 2. The molecule has 2 N–H and O–H groups in total. The number of ether oxygens (including phenoxy) is 1. The topological polar surface area (TPSA) is 96.4 Å². The summed E-state index contributed by atoms with van der Waals surface area (Å²) >= 11 is 0. The third-order valence-electron chi connectivity index (χ3n) is 3.70. The Bertz CT molecular complexity index is 973. The van der Waals surface area contributed by atoms with E-state index >= 15 is 0 Å². The number of hydrogen-bond acceptors (Lipinski definition) is 5. The molecule has 0 radical (unpaired) electrons. The molecule has 2 aromatic carbocycles. The second-order valence-corrected chi connectivity index (χ2v) is 5.96. The number of aryl methyl sites for hydroxylation is 2. The highest BCUT2D eigenvalue weighted by atomic mass is 16.5. The number of aromatic amines is 1. The van der Waals surface area contributed by atoms with Crippen LogP contribution in [0.5, 0.6) is 5.75 Å². The van der Waals surface area contributed by atoms with E-state index in [-0.39, 0.29) is 5.69 Å². The molecule has 1 heterocycles. The molecule has 7 nitrogen and oxygen atoms in total. The molecular formula is C20H18N4O3. The summed E-state index contributed by atoms with van der Waals surface area (Å²) in [6.45, 7) is 3.76. The molecule has 0 unspecified atom stereocenters. The van der Waals surface area contributed by atoms with Gasteiger partial charge in [0.25, 0.3) is 5.91 Å². The zero-order chi connectivity index (χ0) is 19.2. The number of amides is 1. The number of carbonyl (C=O) groups is 2. The zero-order valence-electron chi connectivity index (χ0n) is 14.9. The molecule has 3 aromatic rings. The first-order chi connectivity index (χ1) is 13.0.